The molecule has 7 rings (SSSR count). The van der Waals surface area contributed by atoms with Gasteiger partial charge in [0, 0.05) is 12.3 Å². The Hall–Kier alpha value is -3.14. The van der Waals surface area contributed by atoms with E-state index < -0.39 is 32.3 Å². The average Bonchev–Trinajstić information content (AvgIpc) is 3.22. The molecule has 43 heavy (non-hydrogen) atoms. The maximum Gasteiger partial charge on any atom is 0.163 e. The second kappa shape index (κ2) is 9.94. The summed E-state index contributed by atoms with van der Waals surface area (Å²) in [6.07, 6.45) is -0.739. The van der Waals surface area contributed by atoms with Crippen molar-refractivity contribution in [3.05, 3.63) is 95.1 Å². The maximum atomic E-state index is 15.4. The zero-order valence-electron chi connectivity index (χ0n) is 25.3. The molecular formula is C35H36O6P2. The molecule has 0 spiro atoms. The van der Waals surface area contributed by atoms with Crippen molar-refractivity contribution in [1.82, 2.24) is 0 Å². The van der Waals surface area contributed by atoms with E-state index in [1.54, 1.807) is 0 Å². The molecule has 6 nitrogen and oxygen atoms in total. The second-order valence-corrected chi connectivity index (χ2v) is 18.3. The fourth-order valence-corrected chi connectivity index (χ4v) is 13.1. The zero-order valence-corrected chi connectivity index (χ0v) is 27.1. The summed E-state index contributed by atoms with van der Waals surface area (Å²) in [4.78, 5) is 0. The fraction of sp³-hybridized carbons (Fsp3) is 0.314. The van der Waals surface area contributed by atoms with Crippen LogP contribution in [-0.2, 0) is 18.6 Å². The third kappa shape index (κ3) is 4.80. The Morgan fingerprint density at radius 3 is 1.09 bits per heavy atom. The van der Waals surface area contributed by atoms with Gasteiger partial charge < -0.3 is 28.1 Å². The first-order chi connectivity index (χ1) is 20.3. The summed E-state index contributed by atoms with van der Waals surface area (Å²) in [7, 11) is -6.52. The minimum absolute atomic E-state index is 0.204. The largest absolute Gasteiger partial charge is 0.456 e. The monoisotopic (exact) mass is 614 g/mol. The Kier molecular flexibility index (Phi) is 6.62. The minimum Gasteiger partial charge on any atom is -0.456 e. The van der Waals surface area contributed by atoms with Crippen LogP contribution in [0.5, 0.6) is 23.0 Å². The second-order valence-electron chi connectivity index (χ2n) is 12.6. The highest BCUT2D eigenvalue weighted by atomic mass is 31.2. The number of fused-ring (bicyclic) bond motifs is 4. The molecule has 0 radical (unpaired) electrons. The molecule has 2 atom stereocenters. The molecule has 3 aliphatic rings. The first-order valence-electron chi connectivity index (χ1n) is 14.7. The molecule has 0 bridgehead atoms. The Balaban J connectivity index is 1.34. The Bertz CT molecular complexity index is 1650. The van der Waals surface area contributed by atoms with Gasteiger partial charge in [0.15, 0.2) is 20.1 Å². The third-order valence-electron chi connectivity index (χ3n) is 8.61. The smallest absolute Gasteiger partial charge is 0.163 e. The van der Waals surface area contributed by atoms with Gasteiger partial charge in [-0.1, -0.05) is 46.5 Å². The molecule has 4 aromatic rings. The highest BCUT2D eigenvalue weighted by Gasteiger charge is 2.51. The van der Waals surface area contributed by atoms with Gasteiger partial charge in [-0.25, -0.2) is 0 Å². The van der Waals surface area contributed by atoms with Gasteiger partial charge >= 0.3 is 0 Å². The minimum atomic E-state index is -3.26. The molecule has 4 aromatic carbocycles. The van der Waals surface area contributed by atoms with E-state index in [9.17, 15) is 0 Å². The van der Waals surface area contributed by atoms with E-state index >= 15 is 9.13 Å². The van der Waals surface area contributed by atoms with Crippen molar-refractivity contribution in [2.45, 2.75) is 59.5 Å². The summed E-state index contributed by atoms with van der Waals surface area (Å²) in [6.45, 7) is 11.7. The van der Waals surface area contributed by atoms with Crippen molar-refractivity contribution in [2.75, 3.05) is 12.3 Å². The Morgan fingerprint density at radius 2 is 0.814 bits per heavy atom. The zero-order chi connectivity index (χ0) is 30.3. The van der Waals surface area contributed by atoms with Gasteiger partial charge in [0.05, 0.1) is 33.4 Å². The number of rotatable bonds is 4. The average molecular weight is 615 g/mol. The van der Waals surface area contributed by atoms with E-state index in [0.29, 0.717) is 44.2 Å². The standard InChI is InChI=1S/C35H36O6P2/c1-21-7-11-25-31(15-21)42(36,32-16-22(2)8-12-26(32)38-25)19-29-30(41-35(5,6)40-29)20-43(37)33-17-23(3)9-13-27(33)39-28-14-10-24(4)18-34(28)43/h7-18,29-30H,19-20H2,1-6H3/t29-,30-/m0/s1. The van der Waals surface area contributed by atoms with E-state index in [1.165, 1.54) is 0 Å². The van der Waals surface area contributed by atoms with Crippen LogP contribution >= 0.6 is 14.3 Å². The summed E-state index contributed by atoms with van der Waals surface area (Å²) in [5.74, 6) is 1.47. The van der Waals surface area contributed by atoms with Crippen LogP contribution in [0.2, 0.25) is 0 Å². The molecule has 0 aliphatic carbocycles. The molecule has 0 N–H and O–H groups in total. The summed E-state index contributed by atoms with van der Waals surface area (Å²) < 4.78 is 56.5. The van der Waals surface area contributed by atoms with E-state index in [-0.39, 0.29) is 12.3 Å². The predicted molar refractivity (Wildman–Crippen MR) is 172 cm³/mol. The third-order valence-corrected chi connectivity index (χ3v) is 14.9. The Morgan fingerprint density at radius 1 is 0.535 bits per heavy atom. The van der Waals surface area contributed by atoms with Gasteiger partial charge in [0.25, 0.3) is 0 Å². The van der Waals surface area contributed by atoms with Gasteiger partial charge in [-0.15, -0.1) is 0 Å². The molecule has 222 valence electrons. The maximum absolute atomic E-state index is 15.4. The number of benzene rings is 4. The quantitative estimate of drug-likeness (QED) is 0.231. The number of hydrogen-bond donors (Lipinski definition) is 0. The highest BCUT2D eigenvalue weighted by molar-refractivity contribution is 7.79. The van der Waals surface area contributed by atoms with E-state index in [2.05, 4.69) is 0 Å². The normalized spacial score (nSPS) is 21.9. The number of hydrogen-bond acceptors (Lipinski definition) is 6. The van der Waals surface area contributed by atoms with Crippen LogP contribution < -0.4 is 30.7 Å². The van der Waals surface area contributed by atoms with Crippen LogP contribution in [0.1, 0.15) is 36.1 Å². The van der Waals surface area contributed by atoms with Gasteiger partial charge in [0.1, 0.15) is 23.0 Å². The molecule has 3 heterocycles. The van der Waals surface area contributed by atoms with Gasteiger partial charge in [0.2, 0.25) is 0 Å². The molecule has 1 saturated heterocycles. The Labute approximate surface area is 253 Å². The highest BCUT2D eigenvalue weighted by Crippen LogP contribution is 2.58. The summed E-state index contributed by atoms with van der Waals surface area (Å²) >= 11 is 0. The van der Waals surface area contributed by atoms with Crippen LogP contribution in [0.25, 0.3) is 0 Å². The van der Waals surface area contributed by atoms with Crippen molar-refractivity contribution in [2.24, 2.45) is 0 Å². The van der Waals surface area contributed by atoms with Crippen LogP contribution in [0.15, 0.2) is 72.8 Å². The van der Waals surface area contributed by atoms with Crippen molar-refractivity contribution in [1.29, 1.82) is 0 Å². The van der Waals surface area contributed by atoms with Crippen LogP contribution in [0.3, 0.4) is 0 Å². The van der Waals surface area contributed by atoms with Crippen molar-refractivity contribution in [3.8, 4) is 23.0 Å². The molecule has 0 unspecified atom stereocenters. The molecular weight excluding hydrogens is 578 g/mol. The summed E-state index contributed by atoms with van der Waals surface area (Å²) in [5, 5.41) is 2.77. The fourth-order valence-electron chi connectivity index (χ4n) is 6.60. The van der Waals surface area contributed by atoms with Crippen molar-refractivity contribution in [3.63, 3.8) is 0 Å². The topological polar surface area (TPSA) is 71.1 Å². The van der Waals surface area contributed by atoms with Crippen LogP contribution in [0, 0.1) is 27.7 Å². The van der Waals surface area contributed by atoms with Gasteiger partial charge in [-0.2, -0.15) is 0 Å². The van der Waals surface area contributed by atoms with Crippen LogP contribution in [0.4, 0.5) is 0 Å². The number of aryl methyl sites for hydroxylation is 4. The van der Waals surface area contributed by atoms with E-state index in [4.69, 9.17) is 18.9 Å². The summed E-state index contributed by atoms with van der Waals surface area (Å²) in [5.41, 5.74) is 4.02. The first kappa shape index (κ1) is 28.6. The number of ether oxygens (including phenoxy) is 4. The van der Waals surface area contributed by atoms with E-state index in [1.807, 2.05) is 114 Å². The van der Waals surface area contributed by atoms with E-state index in [0.717, 1.165) is 22.3 Å². The lowest BCUT2D eigenvalue weighted by Crippen LogP contribution is -2.38. The lowest BCUT2D eigenvalue weighted by atomic mass is 10.2. The SMILES string of the molecule is Cc1ccc2c(c1)P(=O)(C[C@@H]1OC(C)(C)O[C@H]1CP1(=O)c3cc(C)ccc3Oc3ccc(C)cc31)c1cc(C)ccc1O2. The van der Waals surface area contributed by atoms with Gasteiger partial charge in [-0.3, -0.25) is 0 Å². The molecule has 0 aromatic heterocycles. The molecule has 0 amide bonds. The van der Waals surface area contributed by atoms with Gasteiger partial charge in [-0.05, 0) is 90.1 Å². The lowest BCUT2D eigenvalue weighted by Gasteiger charge is -2.33. The van der Waals surface area contributed by atoms with Crippen molar-refractivity contribution < 1.29 is 28.1 Å². The molecule has 3 aliphatic heterocycles. The first-order valence-corrected chi connectivity index (χ1v) is 18.5. The molecule has 0 saturated carbocycles. The van der Waals surface area contributed by atoms with Crippen molar-refractivity contribution >= 4 is 35.5 Å². The van der Waals surface area contributed by atoms with Crippen LogP contribution in [-0.4, -0.2) is 30.3 Å². The predicted octanol–water partition coefficient (Wildman–Crippen LogP) is 6.98. The molecule has 1 fully saturated rings. The summed E-state index contributed by atoms with van der Waals surface area (Å²) in [6, 6.07) is 23.3. The lowest BCUT2D eigenvalue weighted by molar-refractivity contribution is -0.142. The molecule has 8 heteroatoms.